The zero-order valence-corrected chi connectivity index (χ0v) is 16.3. The van der Waals surface area contributed by atoms with Gasteiger partial charge in [0, 0.05) is 37.6 Å². The second-order valence-electron chi connectivity index (χ2n) is 7.06. The minimum absolute atomic E-state index is 0.0539. The number of hydrogen-bond donors (Lipinski definition) is 0. The van der Waals surface area contributed by atoms with E-state index in [1.54, 1.807) is 31.3 Å². The van der Waals surface area contributed by atoms with E-state index in [2.05, 4.69) is 27.0 Å². The Bertz CT molecular complexity index is 928. The maximum absolute atomic E-state index is 13.9. The number of nitrogens with zero attached hydrogens (tertiary/aromatic N) is 2. The van der Waals surface area contributed by atoms with Gasteiger partial charge in [-0.3, -0.25) is 9.78 Å². The fourth-order valence-electron chi connectivity index (χ4n) is 4.03. The van der Waals surface area contributed by atoms with Gasteiger partial charge in [-0.2, -0.15) is 0 Å². The highest BCUT2D eigenvalue weighted by Gasteiger charge is 2.31. The van der Waals surface area contributed by atoms with Crippen molar-refractivity contribution in [3.8, 4) is 0 Å². The van der Waals surface area contributed by atoms with E-state index in [0.29, 0.717) is 22.3 Å². The van der Waals surface area contributed by atoms with Gasteiger partial charge in [-0.25, -0.2) is 4.39 Å². The van der Waals surface area contributed by atoms with Crippen LogP contribution < -0.4 is 4.90 Å². The van der Waals surface area contributed by atoms with E-state index in [-0.39, 0.29) is 17.8 Å². The number of benzene rings is 1. The third kappa shape index (κ3) is 2.95. The molecule has 1 aliphatic heterocycles. The standard InChI is InChI=1S/C20H20BrFN2O2/c1-24-19-10-23-18-9-17(22)16(21)8-14(18)15(19)6-12(7-20(24)25)11-3-4-13(5-11)26-2/h6,8-11,13H,3-5,7H2,1-2H3. The lowest BCUT2D eigenvalue weighted by molar-refractivity contribution is -0.117. The van der Waals surface area contributed by atoms with E-state index in [1.807, 2.05) is 0 Å². The largest absolute Gasteiger partial charge is 0.381 e. The van der Waals surface area contributed by atoms with Gasteiger partial charge in [-0.1, -0.05) is 11.6 Å². The minimum atomic E-state index is -0.342. The molecule has 6 heteroatoms. The second kappa shape index (κ2) is 6.74. The Morgan fingerprint density at radius 3 is 2.88 bits per heavy atom. The first-order valence-electron chi connectivity index (χ1n) is 8.75. The van der Waals surface area contributed by atoms with Crippen LogP contribution in [0.1, 0.15) is 31.2 Å². The van der Waals surface area contributed by atoms with Crippen LogP contribution in [0.3, 0.4) is 0 Å². The fourth-order valence-corrected chi connectivity index (χ4v) is 4.38. The lowest BCUT2D eigenvalue weighted by Gasteiger charge is -2.18. The van der Waals surface area contributed by atoms with Crippen molar-refractivity contribution in [2.75, 3.05) is 19.1 Å². The van der Waals surface area contributed by atoms with Crippen molar-refractivity contribution in [1.29, 1.82) is 0 Å². The normalized spacial score (nSPS) is 23.2. The Morgan fingerprint density at radius 2 is 2.15 bits per heavy atom. The van der Waals surface area contributed by atoms with Gasteiger partial charge in [0.05, 0.1) is 28.0 Å². The molecule has 0 bridgehead atoms. The second-order valence-corrected chi connectivity index (χ2v) is 7.91. The van der Waals surface area contributed by atoms with Gasteiger partial charge in [0.2, 0.25) is 5.91 Å². The summed E-state index contributed by atoms with van der Waals surface area (Å²) in [4.78, 5) is 18.7. The summed E-state index contributed by atoms with van der Waals surface area (Å²) >= 11 is 3.27. The zero-order valence-electron chi connectivity index (χ0n) is 14.8. The number of halogens is 2. The molecule has 2 atom stereocenters. The Morgan fingerprint density at radius 1 is 1.35 bits per heavy atom. The smallest absolute Gasteiger partial charge is 0.230 e. The number of methoxy groups -OCH3 is 1. The third-order valence-corrected chi connectivity index (χ3v) is 6.20. The molecule has 4 rings (SSSR count). The van der Waals surface area contributed by atoms with Gasteiger partial charge in [0.25, 0.3) is 0 Å². The Hall–Kier alpha value is -1.79. The summed E-state index contributed by atoms with van der Waals surface area (Å²) in [5.74, 6) is 0.0551. The van der Waals surface area contributed by atoms with E-state index >= 15 is 0 Å². The highest BCUT2D eigenvalue weighted by Crippen LogP contribution is 2.40. The molecule has 1 aromatic carbocycles. The Kier molecular flexibility index (Phi) is 4.57. The van der Waals surface area contributed by atoms with E-state index in [9.17, 15) is 9.18 Å². The van der Waals surface area contributed by atoms with Crippen molar-refractivity contribution in [2.45, 2.75) is 31.8 Å². The van der Waals surface area contributed by atoms with Crippen LogP contribution in [-0.2, 0) is 9.53 Å². The average molecular weight is 419 g/mol. The first kappa shape index (κ1) is 17.6. The summed E-state index contributed by atoms with van der Waals surface area (Å²) in [7, 11) is 3.52. The number of rotatable bonds is 2. The van der Waals surface area contributed by atoms with Crippen molar-refractivity contribution in [2.24, 2.45) is 5.92 Å². The average Bonchev–Trinajstić information content (AvgIpc) is 3.06. The van der Waals surface area contributed by atoms with Crippen molar-refractivity contribution in [3.63, 3.8) is 0 Å². The number of pyridine rings is 1. The molecule has 0 spiro atoms. The molecule has 4 nitrogen and oxygen atoms in total. The first-order chi connectivity index (χ1) is 12.5. The maximum atomic E-state index is 13.9. The first-order valence-corrected chi connectivity index (χ1v) is 9.54. The number of hydrogen-bond acceptors (Lipinski definition) is 3. The molecule has 2 heterocycles. The zero-order chi connectivity index (χ0) is 18.4. The molecule has 26 heavy (non-hydrogen) atoms. The van der Waals surface area contributed by atoms with Gasteiger partial charge in [-0.15, -0.1) is 0 Å². The number of ether oxygens (including phenoxy) is 1. The lowest BCUT2D eigenvalue weighted by atomic mass is 9.92. The predicted molar refractivity (Wildman–Crippen MR) is 104 cm³/mol. The molecule has 1 saturated carbocycles. The number of carbonyl (C=O) groups is 1. The number of amides is 1. The minimum Gasteiger partial charge on any atom is -0.381 e. The molecule has 0 saturated heterocycles. The molecule has 1 aromatic heterocycles. The van der Waals surface area contributed by atoms with E-state index in [1.165, 1.54) is 6.07 Å². The lowest BCUT2D eigenvalue weighted by Crippen LogP contribution is -2.26. The predicted octanol–water partition coefficient (Wildman–Crippen LogP) is 4.70. The highest BCUT2D eigenvalue weighted by atomic mass is 79.9. The molecule has 1 aliphatic carbocycles. The number of aromatic nitrogens is 1. The van der Waals surface area contributed by atoms with Crippen molar-refractivity contribution in [1.82, 2.24) is 4.98 Å². The third-order valence-electron chi connectivity index (χ3n) is 5.59. The number of anilines is 1. The molecular weight excluding hydrogens is 399 g/mol. The molecule has 1 fully saturated rings. The monoisotopic (exact) mass is 418 g/mol. The summed E-state index contributed by atoms with van der Waals surface area (Å²) in [6.45, 7) is 0. The van der Waals surface area contributed by atoms with Gasteiger partial charge >= 0.3 is 0 Å². The Balaban J connectivity index is 1.88. The summed E-state index contributed by atoms with van der Waals surface area (Å²) < 4.78 is 19.8. The van der Waals surface area contributed by atoms with Gasteiger partial charge < -0.3 is 9.64 Å². The topological polar surface area (TPSA) is 42.4 Å². The van der Waals surface area contributed by atoms with Crippen LogP contribution >= 0.6 is 15.9 Å². The summed E-state index contributed by atoms with van der Waals surface area (Å²) in [5, 5.41) is 0.844. The number of carbonyl (C=O) groups excluding carboxylic acids is 1. The van der Waals surface area contributed by atoms with Crippen molar-refractivity contribution in [3.05, 3.63) is 39.8 Å². The molecule has 2 unspecified atom stereocenters. The molecule has 0 radical (unpaired) electrons. The van der Waals surface area contributed by atoms with Crippen LogP contribution in [0.2, 0.25) is 0 Å². The van der Waals surface area contributed by atoms with Crippen molar-refractivity contribution >= 4 is 44.5 Å². The van der Waals surface area contributed by atoms with Crippen LogP contribution in [0.4, 0.5) is 10.1 Å². The summed E-state index contributed by atoms with van der Waals surface area (Å²) in [5.41, 5.74) is 3.41. The van der Waals surface area contributed by atoms with Gasteiger partial charge in [0.1, 0.15) is 5.82 Å². The van der Waals surface area contributed by atoms with E-state index in [4.69, 9.17) is 4.74 Å². The van der Waals surface area contributed by atoms with E-state index in [0.717, 1.165) is 41.5 Å². The van der Waals surface area contributed by atoms with Crippen LogP contribution in [-0.4, -0.2) is 31.2 Å². The SMILES string of the molecule is COC1CCC(C2=Cc3c(cnc4cc(F)c(Br)cc34)N(C)C(=O)C2)C1. The van der Waals surface area contributed by atoms with Crippen LogP contribution in [0.25, 0.3) is 17.0 Å². The quantitative estimate of drug-likeness (QED) is 0.709. The molecular formula is C20H20BrFN2O2. The van der Waals surface area contributed by atoms with Gasteiger partial charge in [-0.05, 0) is 47.2 Å². The molecule has 2 aliphatic rings. The summed E-state index contributed by atoms with van der Waals surface area (Å²) in [6.07, 6.45) is 7.42. The van der Waals surface area contributed by atoms with E-state index < -0.39 is 0 Å². The molecule has 1 amide bonds. The molecule has 0 N–H and O–H groups in total. The Labute approximate surface area is 160 Å². The maximum Gasteiger partial charge on any atom is 0.230 e. The molecule has 2 aromatic rings. The van der Waals surface area contributed by atoms with Crippen LogP contribution in [0, 0.1) is 11.7 Å². The number of fused-ring (bicyclic) bond motifs is 3. The fraction of sp³-hybridized carbons (Fsp3) is 0.400. The van der Waals surface area contributed by atoms with Gasteiger partial charge in [0.15, 0.2) is 0 Å². The van der Waals surface area contributed by atoms with Crippen LogP contribution in [0.5, 0.6) is 0 Å². The van der Waals surface area contributed by atoms with Crippen LogP contribution in [0.15, 0.2) is 28.4 Å². The summed E-state index contributed by atoms with van der Waals surface area (Å²) in [6, 6.07) is 3.18. The highest BCUT2D eigenvalue weighted by molar-refractivity contribution is 9.10. The van der Waals surface area contributed by atoms with Crippen molar-refractivity contribution < 1.29 is 13.9 Å². The molecule has 136 valence electrons.